The minimum Gasteiger partial charge on any atom is -0.436 e. The SMILES string of the molecule is CC(C1CC1)C1(CCc2ccccc2)OC(=O)N/C1=C\C(C)(C)C. The fourth-order valence-electron chi connectivity index (χ4n) is 3.76. The number of rotatable bonds is 5. The van der Waals surface area contributed by atoms with Gasteiger partial charge in [0.1, 0.15) is 0 Å². The van der Waals surface area contributed by atoms with Crippen LogP contribution in [0.3, 0.4) is 0 Å². The van der Waals surface area contributed by atoms with E-state index in [-0.39, 0.29) is 11.5 Å². The number of cyclic esters (lactones) is 1. The second-order valence-electron chi connectivity index (χ2n) is 8.44. The van der Waals surface area contributed by atoms with Crippen LogP contribution < -0.4 is 5.32 Å². The molecule has 0 aromatic heterocycles. The van der Waals surface area contributed by atoms with E-state index in [9.17, 15) is 4.79 Å². The molecule has 3 rings (SSSR count). The van der Waals surface area contributed by atoms with Gasteiger partial charge < -0.3 is 4.74 Å². The maximum atomic E-state index is 12.1. The van der Waals surface area contributed by atoms with Gasteiger partial charge in [-0.05, 0) is 42.6 Å². The van der Waals surface area contributed by atoms with E-state index in [0.29, 0.717) is 11.8 Å². The zero-order chi connectivity index (χ0) is 17.4. The Hall–Kier alpha value is -1.77. The first kappa shape index (κ1) is 17.1. The molecule has 2 atom stereocenters. The predicted molar refractivity (Wildman–Crippen MR) is 96.5 cm³/mol. The number of allylic oxidation sites excluding steroid dienone is 1. The van der Waals surface area contributed by atoms with Crippen molar-refractivity contribution in [1.29, 1.82) is 0 Å². The molecule has 1 saturated carbocycles. The van der Waals surface area contributed by atoms with Crippen LogP contribution in [0.25, 0.3) is 0 Å². The summed E-state index contributed by atoms with van der Waals surface area (Å²) in [5, 5.41) is 3.00. The summed E-state index contributed by atoms with van der Waals surface area (Å²) in [7, 11) is 0. The van der Waals surface area contributed by atoms with Crippen LogP contribution in [-0.2, 0) is 11.2 Å². The minimum atomic E-state index is -0.513. The molecule has 1 aromatic carbocycles. The number of hydrogen-bond donors (Lipinski definition) is 1. The van der Waals surface area contributed by atoms with Gasteiger partial charge in [0, 0.05) is 5.92 Å². The molecule has 1 aromatic rings. The third kappa shape index (κ3) is 3.66. The van der Waals surface area contributed by atoms with Crippen LogP contribution in [0, 0.1) is 17.3 Å². The highest BCUT2D eigenvalue weighted by atomic mass is 16.6. The van der Waals surface area contributed by atoms with Gasteiger partial charge in [0.15, 0.2) is 5.60 Å². The molecule has 3 nitrogen and oxygen atoms in total. The Labute approximate surface area is 145 Å². The second-order valence-corrected chi connectivity index (χ2v) is 8.44. The van der Waals surface area contributed by atoms with Crippen LogP contribution in [0.2, 0.25) is 0 Å². The van der Waals surface area contributed by atoms with Gasteiger partial charge in [-0.25, -0.2) is 4.79 Å². The standard InChI is InChI=1S/C21H29NO2/c1-15(17-10-11-17)21(13-12-16-8-6-5-7-9-16)18(14-20(2,3)4)22-19(23)24-21/h5-9,14-15,17H,10-13H2,1-4H3,(H,22,23)/b18-14-. The summed E-state index contributed by atoms with van der Waals surface area (Å²) in [4.78, 5) is 12.1. The van der Waals surface area contributed by atoms with E-state index in [1.165, 1.54) is 18.4 Å². The molecule has 1 N–H and O–H groups in total. The van der Waals surface area contributed by atoms with Crippen molar-refractivity contribution in [1.82, 2.24) is 5.32 Å². The Morgan fingerprint density at radius 3 is 2.54 bits per heavy atom. The highest BCUT2D eigenvalue weighted by Gasteiger charge is 2.53. The van der Waals surface area contributed by atoms with Crippen molar-refractivity contribution in [2.45, 2.75) is 59.0 Å². The van der Waals surface area contributed by atoms with E-state index in [0.717, 1.165) is 18.5 Å². The summed E-state index contributed by atoms with van der Waals surface area (Å²) < 4.78 is 5.97. The van der Waals surface area contributed by atoms with Crippen molar-refractivity contribution >= 4 is 6.09 Å². The van der Waals surface area contributed by atoms with Crippen molar-refractivity contribution in [3.05, 3.63) is 47.7 Å². The van der Waals surface area contributed by atoms with Crippen molar-refractivity contribution in [2.75, 3.05) is 0 Å². The Kier molecular flexibility index (Phi) is 4.46. The molecule has 1 aliphatic heterocycles. The number of carbonyl (C=O) groups is 1. The van der Waals surface area contributed by atoms with Gasteiger partial charge >= 0.3 is 6.09 Å². The van der Waals surface area contributed by atoms with E-state index in [1.807, 2.05) is 6.07 Å². The first-order valence-electron chi connectivity index (χ1n) is 9.07. The lowest BCUT2D eigenvalue weighted by Gasteiger charge is -2.35. The van der Waals surface area contributed by atoms with Crippen molar-refractivity contribution < 1.29 is 9.53 Å². The first-order valence-corrected chi connectivity index (χ1v) is 9.07. The van der Waals surface area contributed by atoms with Crippen LogP contribution in [-0.4, -0.2) is 11.7 Å². The summed E-state index contributed by atoms with van der Waals surface area (Å²) >= 11 is 0. The van der Waals surface area contributed by atoms with Crippen molar-refractivity contribution in [3.8, 4) is 0 Å². The highest BCUT2D eigenvalue weighted by molar-refractivity contribution is 5.75. The lowest BCUT2D eigenvalue weighted by Crippen LogP contribution is -2.41. The van der Waals surface area contributed by atoms with Crippen LogP contribution in [0.4, 0.5) is 4.79 Å². The van der Waals surface area contributed by atoms with Gasteiger partial charge in [-0.15, -0.1) is 0 Å². The second kappa shape index (κ2) is 6.27. The lowest BCUT2D eigenvalue weighted by molar-refractivity contribution is 0.0126. The molecule has 1 saturated heterocycles. The van der Waals surface area contributed by atoms with Gasteiger partial charge in [-0.3, -0.25) is 5.32 Å². The summed E-state index contributed by atoms with van der Waals surface area (Å²) in [6.45, 7) is 8.73. The quantitative estimate of drug-likeness (QED) is 0.819. The number of alkyl carbamates (subject to hydrolysis) is 1. The number of aryl methyl sites for hydroxylation is 1. The number of ether oxygens (including phenoxy) is 1. The molecule has 0 radical (unpaired) electrons. The molecule has 1 aliphatic carbocycles. The third-order valence-corrected chi connectivity index (χ3v) is 5.24. The average Bonchev–Trinajstić information content (AvgIpc) is 3.30. The Balaban J connectivity index is 1.92. The van der Waals surface area contributed by atoms with E-state index < -0.39 is 5.60 Å². The molecule has 1 amide bonds. The number of nitrogens with one attached hydrogen (secondary N) is 1. The first-order chi connectivity index (χ1) is 11.3. The normalized spacial score (nSPS) is 27.0. The van der Waals surface area contributed by atoms with Gasteiger partial charge in [0.05, 0.1) is 5.70 Å². The maximum absolute atomic E-state index is 12.1. The molecule has 24 heavy (non-hydrogen) atoms. The van der Waals surface area contributed by atoms with E-state index >= 15 is 0 Å². The Bertz CT molecular complexity index is 625. The molecule has 1 heterocycles. The van der Waals surface area contributed by atoms with Gasteiger partial charge in [-0.1, -0.05) is 64.1 Å². The van der Waals surface area contributed by atoms with Gasteiger partial charge in [0.25, 0.3) is 0 Å². The van der Waals surface area contributed by atoms with Crippen LogP contribution >= 0.6 is 0 Å². The fourth-order valence-corrected chi connectivity index (χ4v) is 3.76. The fraction of sp³-hybridized carbons (Fsp3) is 0.571. The number of carbonyl (C=O) groups excluding carboxylic acids is 1. The maximum Gasteiger partial charge on any atom is 0.412 e. The number of benzene rings is 1. The van der Waals surface area contributed by atoms with Gasteiger partial charge in [0.2, 0.25) is 0 Å². The molecule has 2 fully saturated rings. The zero-order valence-corrected chi connectivity index (χ0v) is 15.3. The summed E-state index contributed by atoms with van der Waals surface area (Å²) in [6, 6.07) is 10.5. The van der Waals surface area contributed by atoms with E-state index in [4.69, 9.17) is 4.74 Å². The molecule has 0 spiro atoms. The summed E-state index contributed by atoms with van der Waals surface area (Å²) in [5.74, 6) is 1.01. The molecule has 2 aliphatic rings. The Morgan fingerprint density at radius 2 is 1.96 bits per heavy atom. The van der Waals surface area contributed by atoms with Crippen LogP contribution in [0.5, 0.6) is 0 Å². The molecular formula is C21H29NO2. The summed E-state index contributed by atoms with van der Waals surface area (Å²) in [6.07, 6.45) is 6.11. The van der Waals surface area contributed by atoms with Crippen molar-refractivity contribution in [3.63, 3.8) is 0 Å². The molecule has 3 heteroatoms. The smallest absolute Gasteiger partial charge is 0.412 e. The number of amides is 1. The van der Waals surface area contributed by atoms with E-state index in [1.54, 1.807) is 0 Å². The lowest BCUT2D eigenvalue weighted by atomic mass is 9.76. The average molecular weight is 327 g/mol. The van der Waals surface area contributed by atoms with E-state index in [2.05, 4.69) is 63.4 Å². The topological polar surface area (TPSA) is 38.3 Å². The minimum absolute atomic E-state index is 0.00240. The third-order valence-electron chi connectivity index (χ3n) is 5.24. The Morgan fingerprint density at radius 1 is 1.29 bits per heavy atom. The highest BCUT2D eigenvalue weighted by Crippen LogP contribution is 2.49. The zero-order valence-electron chi connectivity index (χ0n) is 15.3. The number of hydrogen-bond acceptors (Lipinski definition) is 2. The monoisotopic (exact) mass is 327 g/mol. The van der Waals surface area contributed by atoms with Crippen LogP contribution in [0.15, 0.2) is 42.1 Å². The van der Waals surface area contributed by atoms with Gasteiger partial charge in [-0.2, -0.15) is 0 Å². The molecular weight excluding hydrogens is 298 g/mol. The molecule has 2 unspecified atom stereocenters. The molecule has 130 valence electrons. The van der Waals surface area contributed by atoms with Crippen molar-refractivity contribution in [2.24, 2.45) is 17.3 Å². The van der Waals surface area contributed by atoms with Crippen LogP contribution in [0.1, 0.15) is 52.5 Å². The summed E-state index contributed by atoms with van der Waals surface area (Å²) in [5.41, 5.74) is 1.74. The predicted octanol–water partition coefficient (Wildman–Crippen LogP) is 5.07. The molecule has 0 bridgehead atoms. The largest absolute Gasteiger partial charge is 0.436 e.